The first-order valence-corrected chi connectivity index (χ1v) is 9.96. The molecule has 1 atom stereocenters. The van der Waals surface area contributed by atoms with Gasteiger partial charge in [0.25, 0.3) is 0 Å². The summed E-state index contributed by atoms with van der Waals surface area (Å²) in [5.74, 6) is 0. The van der Waals surface area contributed by atoms with Crippen molar-refractivity contribution in [1.29, 1.82) is 0 Å². The van der Waals surface area contributed by atoms with Crippen molar-refractivity contribution in [2.24, 2.45) is 0 Å². The van der Waals surface area contributed by atoms with Crippen LogP contribution >= 0.6 is 0 Å². The minimum absolute atomic E-state index is 0.802. The molecule has 0 aromatic carbocycles. The highest BCUT2D eigenvalue weighted by molar-refractivity contribution is 6.59. The van der Waals surface area contributed by atoms with Gasteiger partial charge in [-0.25, -0.2) is 0 Å². The van der Waals surface area contributed by atoms with Crippen LogP contribution in [0.1, 0.15) is 65.2 Å². The molecule has 0 saturated carbocycles. The fourth-order valence-corrected chi connectivity index (χ4v) is 3.63. The maximum Gasteiger partial charge on any atom is 0.132 e. The molecule has 0 aliphatic rings. The summed E-state index contributed by atoms with van der Waals surface area (Å²) in [6.07, 6.45) is 11.0. The summed E-state index contributed by atoms with van der Waals surface area (Å²) in [6.45, 7) is 13.6. The molecule has 0 amide bonds. The Morgan fingerprint density at radius 3 is 1.71 bits per heavy atom. The lowest BCUT2D eigenvalue weighted by Crippen LogP contribution is -2.37. The quantitative estimate of drug-likeness (QED) is 0.366. The average molecular weight is 256 g/mol. The fourth-order valence-electron chi connectivity index (χ4n) is 2.15. The Morgan fingerprint density at radius 1 is 0.882 bits per heavy atom. The Hall–Kier alpha value is -0.0831. The monoisotopic (exact) mass is 255 g/mol. The molecule has 0 spiro atoms. The minimum atomic E-state index is -0.802. The molecule has 0 aliphatic heterocycles. The number of hydrogen-bond donors (Lipinski definition) is 0. The molecule has 0 fully saturated rings. The Labute approximate surface area is 111 Å². The molecule has 1 unspecified atom stereocenters. The molecule has 0 rings (SSSR count). The third-order valence-electron chi connectivity index (χ3n) is 3.51. The fraction of sp³-hybridized carbons (Fsp3) is 0.867. The lowest BCUT2D eigenvalue weighted by molar-refractivity contribution is 0.402. The molecule has 0 aromatic heterocycles. The summed E-state index contributed by atoms with van der Waals surface area (Å²) in [4.78, 5) is 0. The van der Waals surface area contributed by atoms with E-state index in [2.05, 4.69) is 37.2 Å². The van der Waals surface area contributed by atoms with Gasteiger partial charge in [0.1, 0.15) is 8.96 Å². The molecule has 0 bridgehead atoms. The number of rotatable bonds is 12. The molecule has 2 heteroatoms. The van der Waals surface area contributed by atoms with E-state index in [1.807, 2.05) is 0 Å². The molecular formula is C15H33NSi. The van der Waals surface area contributed by atoms with Crippen LogP contribution in [0.15, 0.2) is 12.3 Å². The second-order valence-corrected chi connectivity index (χ2v) is 7.82. The zero-order valence-corrected chi connectivity index (χ0v) is 13.5. The van der Waals surface area contributed by atoms with E-state index >= 15 is 0 Å². The van der Waals surface area contributed by atoms with Gasteiger partial charge < -0.3 is 4.57 Å². The maximum absolute atomic E-state index is 3.99. The van der Waals surface area contributed by atoms with Gasteiger partial charge in [-0.1, -0.05) is 64.6 Å². The topological polar surface area (TPSA) is 3.24 Å². The molecule has 0 radical (unpaired) electrons. The van der Waals surface area contributed by atoms with Crippen LogP contribution in [0.4, 0.5) is 0 Å². The van der Waals surface area contributed by atoms with Crippen LogP contribution in [0.3, 0.4) is 0 Å². The van der Waals surface area contributed by atoms with Gasteiger partial charge in [-0.15, -0.1) is 6.58 Å². The first kappa shape index (κ1) is 16.9. The summed E-state index contributed by atoms with van der Waals surface area (Å²) in [5, 5.41) is 0. The Kier molecular flexibility index (Phi) is 12.3. The minimum Gasteiger partial charge on any atom is -0.323 e. The first-order chi connectivity index (χ1) is 8.26. The summed E-state index contributed by atoms with van der Waals surface area (Å²) in [5.41, 5.74) is 2.22. The van der Waals surface area contributed by atoms with Crippen molar-refractivity contribution in [3.8, 4) is 0 Å². The number of nitrogens with zero attached hydrogens (tertiary/aromatic N) is 1. The summed E-state index contributed by atoms with van der Waals surface area (Å²) >= 11 is 0. The highest BCUT2D eigenvalue weighted by Gasteiger charge is 2.10. The second kappa shape index (κ2) is 12.4. The van der Waals surface area contributed by atoms with Gasteiger partial charge in [0, 0.05) is 0 Å². The molecular weight excluding hydrogens is 222 g/mol. The van der Waals surface area contributed by atoms with E-state index in [1.54, 1.807) is 0 Å². The SMILES string of the molecule is C=C[SiH](C)N(CCCCCC)CCCCCC. The van der Waals surface area contributed by atoms with Crippen LogP contribution in [0.2, 0.25) is 6.55 Å². The van der Waals surface area contributed by atoms with E-state index in [4.69, 9.17) is 0 Å². The molecule has 0 heterocycles. The van der Waals surface area contributed by atoms with E-state index in [1.165, 1.54) is 64.5 Å². The summed E-state index contributed by atoms with van der Waals surface area (Å²) < 4.78 is 2.73. The van der Waals surface area contributed by atoms with Crippen LogP contribution in [0.5, 0.6) is 0 Å². The van der Waals surface area contributed by atoms with Gasteiger partial charge in [0.15, 0.2) is 0 Å². The van der Waals surface area contributed by atoms with Crippen molar-refractivity contribution in [3.05, 3.63) is 12.3 Å². The van der Waals surface area contributed by atoms with Crippen molar-refractivity contribution >= 4 is 8.96 Å². The molecule has 17 heavy (non-hydrogen) atoms. The van der Waals surface area contributed by atoms with E-state index in [9.17, 15) is 0 Å². The third-order valence-corrected chi connectivity index (χ3v) is 5.87. The standard InChI is InChI=1S/C15H33NSi/c1-5-8-10-12-14-16(17(4)7-3)15-13-11-9-6-2/h7,17H,3,5-6,8-15H2,1-2,4H3. The molecule has 102 valence electrons. The largest absolute Gasteiger partial charge is 0.323 e. The zero-order valence-electron chi connectivity index (χ0n) is 12.4. The maximum atomic E-state index is 3.99. The van der Waals surface area contributed by atoms with Crippen molar-refractivity contribution in [2.75, 3.05) is 13.1 Å². The zero-order chi connectivity index (χ0) is 12.9. The second-order valence-electron chi connectivity index (χ2n) is 5.13. The highest BCUT2D eigenvalue weighted by atomic mass is 28.3. The van der Waals surface area contributed by atoms with Gasteiger partial charge in [-0.05, 0) is 25.9 Å². The molecule has 0 aliphatic carbocycles. The summed E-state index contributed by atoms with van der Waals surface area (Å²) in [6, 6.07) is 0. The molecule has 0 aromatic rings. The predicted octanol–water partition coefficient (Wildman–Crippen LogP) is 4.53. The van der Waals surface area contributed by atoms with Crippen LogP contribution in [-0.2, 0) is 0 Å². The van der Waals surface area contributed by atoms with Crippen molar-refractivity contribution < 1.29 is 0 Å². The van der Waals surface area contributed by atoms with E-state index in [-0.39, 0.29) is 0 Å². The lowest BCUT2D eigenvalue weighted by atomic mass is 10.2. The molecule has 1 nitrogen and oxygen atoms in total. The normalized spacial score (nSPS) is 12.9. The average Bonchev–Trinajstić information content (AvgIpc) is 2.36. The van der Waals surface area contributed by atoms with Crippen LogP contribution in [0.25, 0.3) is 0 Å². The van der Waals surface area contributed by atoms with Crippen molar-refractivity contribution in [2.45, 2.75) is 71.8 Å². The smallest absolute Gasteiger partial charge is 0.132 e. The Morgan fingerprint density at radius 2 is 1.35 bits per heavy atom. The van der Waals surface area contributed by atoms with Crippen LogP contribution < -0.4 is 0 Å². The Bertz CT molecular complexity index is 158. The lowest BCUT2D eigenvalue weighted by Gasteiger charge is -2.26. The Balaban J connectivity index is 3.76. The molecule has 0 saturated heterocycles. The van der Waals surface area contributed by atoms with Crippen molar-refractivity contribution in [1.82, 2.24) is 4.57 Å². The van der Waals surface area contributed by atoms with Crippen molar-refractivity contribution in [3.63, 3.8) is 0 Å². The number of unbranched alkanes of at least 4 members (excludes halogenated alkanes) is 6. The first-order valence-electron chi connectivity index (χ1n) is 7.62. The highest BCUT2D eigenvalue weighted by Crippen LogP contribution is 2.07. The predicted molar refractivity (Wildman–Crippen MR) is 83.1 cm³/mol. The number of hydrogen-bond acceptors (Lipinski definition) is 1. The van der Waals surface area contributed by atoms with Gasteiger partial charge in [0.05, 0.1) is 0 Å². The van der Waals surface area contributed by atoms with E-state index < -0.39 is 8.96 Å². The third kappa shape index (κ3) is 9.60. The summed E-state index contributed by atoms with van der Waals surface area (Å²) in [7, 11) is -0.802. The van der Waals surface area contributed by atoms with E-state index in [0.29, 0.717) is 0 Å². The van der Waals surface area contributed by atoms with Gasteiger partial charge >= 0.3 is 0 Å². The van der Waals surface area contributed by atoms with Gasteiger partial charge in [0.2, 0.25) is 0 Å². The van der Waals surface area contributed by atoms with Gasteiger partial charge in [-0.2, -0.15) is 0 Å². The van der Waals surface area contributed by atoms with Crippen LogP contribution in [0, 0.1) is 0 Å². The van der Waals surface area contributed by atoms with Crippen LogP contribution in [-0.4, -0.2) is 26.6 Å². The van der Waals surface area contributed by atoms with Gasteiger partial charge in [-0.3, -0.25) is 0 Å². The van der Waals surface area contributed by atoms with E-state index in [0.717, 1.165) is 0 Å². The molecule has 0 N–H and O–H groups in total.